The molecule has 0 saturated carbocycles. The number of aromatic amines is 1. The number of nitrogens with zero attached hydrogens (tertiary/aromatic N) is 3. The van der Waals surface area contributed by atoms with E-state index in [9.17, 15) is 0 Å². The van der Waals surface area contributed by atoms with Gasteiger partial charge in [0, 0.05) is 12.1 Å². The summed E-state index contributed by atoms with van der Waals surface area (Å²) in [5.74, 6) is 2.33. The first-order valence-corrected chi connectivity index (χ1v) is 7.59. The van der Waals surface area contributed by atoms with E-state index in [1.165, 1.54) is 0 Å². The molecule has 4 aromatic rings. The maximum absolute atomic E-state index is 6.16. The number of H-pyrrole nitrogens is 1. The Balaban J connectivity index is 1.80. The molecule has 2 aromatic heterocycles. The molecular weight excluding hydrogens is 330 g/mol. The maximum atomic E-state index is 6.16. The van der Waals surface area contributed by atoms with Gasteiger partial charge in [-0.3, -0.25) is 5.10 Å². The summed E-state index contributed by atoms with van der Waals surface area (Å²) in [6.45, 7) is 0. The predicted molar refractivity (Wildman–Crippen MR) is 92.7 cm³/mol. The summed E-state index contributed by atoms with van der Waals surface area (Å²) in [4.78, 5) is 8.94. The highest BCUT2D eigenvalue weighted by Crippen LogP contribution is 2.32. The average molecular weight is 344 g/mol. The van der Waals surface area contributed by atoms with Crippen LogP contribution in [-0.4, -0.2) is 33.8 Å². The summed E-state index contributed by atoms with van der Waals surface area (Å²) < 4.78 is 12.4. The normalized spacial score (nSPS) is 11.1. The van der Waals surface area contributed by atoms with Gasteiger partial charge in [-0.05, 0) is 12.1 Å². The standard InChI is InChI=1S/C16H14ClN5O2/c1-23-13-7-11-12(8-14(13)24-2)22-16(19-11)20-15(21-22)18-10-6-4-3-5-9(10)17/h3-8H,1-2H3,(H2,18,19,20,21). The number of benzene rings is 2. The lowest BCUT2D eigenvalue weighted by Gasteiger charge is -2.07. The van der Waals surface area contributed by atoms with E-state index >= 15 is 0 Å². The molecule has 0 atom stereocenters. The van der Waals surface area contributed by atoms with Crippen LogP contribution in [0.5, 0.6) is 11.5 Å². The van der Waals surface area contributed by atoms with Crippen LogP contribution in [0, 0.1) is 0 Å². The van der Waals surface area contributed by atoms with Gasteiger partial charge in [0.25, 0.3) is 5.78 Å². The molecular formula is C16H14ClN5O2. The third kappa shape index (κ3) is 2.30. The Morgan fingerprint density at radius 2 is 1.83 bits per heavy atom. The summed E-state index contributed by atoms with van der Waals surface area (Å²) in [6, 6.07) is 11.1. The summed E-state index contributed by atoms with van der Waals surface area (Å²) >= 11 is 6.16. The molecule has 0 unspecified atom stereocenters. The lowest BCUT2D eigenvalue weighted by Crippen LogP contribution is -1.95. The van der Waals surface area contributed by atoms with Gasteiger partial charge < -0.3 is 14.8 Å². The van der Waals surface area contributed by atoms with Crippen LogP contribution < -0.4 is 14.8 Å². The zero-order valence-corrected chi connectivity index (χ0v) is 13.8. The van der Waals surface area contributed by atoms with Crippen molar-refractivity contribution >= 4 is 40.0 Å². The Bertz CT molecular complexity index is 1040. The summed E-state index contributed by atoms with van der Waals surface area (Å²) in [7, 11) is 3.19. The number of anilines is 2. The lowest BCUT2D eigenvalue weighted by molar-refractivity contribution is 0.355. The van der Waals surface area contributed by atoms with Gasteiger partial charge in [0.1, 0.15) is 0 Å². The highest BCUT2D eigenvalue weighted by Gasteiger charge is 2.14. The molecule has 0 aliphatic carbocycles. The van der Waals surface area contributed by atoms with E-state index in [2.05, 4.69) is 20.4 Å². The maximum Gasteiger partial charge on any atom is 0.253 e. The molecule has 0 aliphatic heterocycles. The van der Waals surface area contributed by atoms with Gasteiger partial charge in [0.05, 0.1) is 36.0 Å². The molecule has 0 radical (unpaired) electrons. The largest absolute Gasteiger partial charge is 0.493 e. The van der Waals surface area contributed by atoms with E-state index in [0.29, 0.717) is 28.2 Å². The third-order valence-corrected chi connectivity index (χ3v) is 4.03. The summed E-state index contributed by atoms with van der Waals surface area (Å²) in [6.07, 6.45) is 0. The first-order chi connectivity index (χ1) is 11.7. The van der Waals surface area contributed by atoms with Crippen molar-refractivity contribution in [1.82, 2.24) is 19.6 Å². The molecule has 0 aliphatic rings. The third-order valence-electron chi connectivity index (χ3n) is 3.70. The van der Waals surface area contributed by atoms with Crippen molar-refractivity contribution in [2.45, 2.75) is 0 Å². The van der Waals surface area contributed by atoms with Crippen molar-refractivity contribution in [2.75, 3.05) is 19.5 Å². The number of fused-ring (bicyclic) bond motifs is 3. The SMILES string of the molecule is COc1cc2nc3nc(Nc4ccccc4Cl)[nH]n3c2cc1OC. The number of para-hydroxylation sites is 1. The molecule has 24 heavy (non-hydrogen) atoms. The smallest absolute Gasteiger partial charge is 0.253 e. The van der Waals surface area contributed by atoms with E-state index in [4.69, 9.17) is 21.1 Å². The van der Waals surface area contributed by atoms with Crippen LogP contribution in [0.25, 0.3) is 16.8 Å². The minimum absolute atomic E-state index is 0.537. The van der Waals surface area contributed by atoms with E-state index in [1.54, 1.807) is 18.7 Å². The van der Waals surface area contributed by atoms with E-state index in [0.717, 1.165) is 16.7 Å². The molecule has 4 rings (SSSR count). The molecule has 2 aromatic carbocycles. The molecule has 0 fully saturated rings. The highest BCUT2D eigenvalue weighted by atomic mass is 35.5. The highest BCUT2D eigenvalue weighted by molar-refractivity contribution is 6.33. The molecule has 0 saturated heterocycles. The fourth-order valence-corrected chi connectivity index (χ4v) is 2.74. The van der Waals surface area contributed by atoms with Crippen molar-refractivity contribution in [3.63, 3.8) is 0 Å². The minimum atomic E-state index is 0.537. The number of ether oxygens (including phenoxy) is 2. The van der Waals surface area contributed by atoms with Crippen molar-refractivity contribution < 1.29 is 9.47 Å². The van der Waals surface area contributed by atoms with Gasteiger partial charge in [0.2, 0.25) is 5.95 Å². The quantitative estimate of drug-likeness (QED) is 0.591. The van der Waals surface area contributed by atoms with E-state index < -0.39 is 0 Å². The zero-order chi connectivity index (χ0) is 16.7. The lowest BCUT2D eigenvalue weighted by atomic mass is 10.3. The molecule has 0 spiro atoms. The number of hydrogen-bond acceptors (Lipinski definition) is 5. The molecule has 2 N–H and O–H groups in total. The first kappa shape index (κ1) is 14.6. The summed E-state index contributed by atoms with van der Waals surface area (Å²) in [5.41, 5.74) is 2.36. The van der Waals surface area contributed by atoms with Crippen molar-refractivity contribution in [2.24, 2.45) is 0 Å². The van der Waals surface area contributed by atoms with Crippen LogP contribution in [-0.2, 0) is 0 Å². The van der Waals surface area contributed by atoms with Crippen molar-refractivity contribution in [1.29, 1.82) is 0 Å². The Morgan fingerprint density at radius 1 is 1.08 bits per heavy atom. The zero-order valence-electron chi connectivity index (χ0n) is 13.0. The van der Waals surface area contributed by atoms with Crippen LogP contribution >= 0.6 is 11.6 Å². The van der Waals surface area contributed by atoms with Crippen molar-refractivity contribution in [3.05, 3.63) is 41.4 Å². The number of hydrogen-bond donors (Lipinski definition) is 2. The minimum Gasteiger partial charge on any atom is -0.493 e. The average Bonchev–Trinajstić information content (AvgIpc) is 3.12. The summed E-state index contributed by atoms with van der Waals surface area (Å²) in [5, 5.41) is 6.92. The Morgan fingerprint density at radius 3 is 2.58 bits per heavy atom. The molecule has 0 amide bonds. The molecule has 8 heteroatoms. The van der Waals surface area contributed by atoms with Gasteiger partial charge in [-0.25, -0.2) is 9.50 Å². The van der Waals surface area contributed by atoms with Gasteiger partial charge in [0.15, 0.2) is 11.5 Å². The second-order valence-corrected chi connectivity index (χ2v) is 5.53. The number of imidazole rings is 1. The van der Waals surface area contributed by atoms with Gasteiger partial charge in [-0.2, -0.15) is 4.98 Å². The van der Waals surface area contributed by atoms with Crippen LogP contribution in [0.15, 0.2) is 36.4 Å². The number of aromatic nitrogens is 4. The van der Waals surface area contributed by atoms with Crippen LogP contribution in [0.2, 0.25) is 5.02 Å². The van der Waals surface area contributed by atoms with E-state index in [-0.39, 0.29) is 0 Å². The molecule has 2 heterocycles. The van der Waals surface area contributed by atoms with Gasteiger partial charge >= 0.3 is 0 Å². The Kier molecular flexibility index (Phi) is 3.42. The second kappa shape index (κ2) is 5.61. The fraction of sp³-hybridized carbons (Fsp3) is 0.125. The number of nitrogens with one attached hydrogen (secondary N) is 2. The number of rotatable bonds is 4. The van der Waals surface area contributed by atoms with Crippen LogP contribution in [0.4, 0.5) is 11.6 Å². The van der Waals surface area contributed by atoms with Crippen LogP contribution in [0.1, 0.15) is 0 Å². The Hall–Kier alpha value is -2.93. The van der Waals surface area contributed by atoms with Crippen LogP contribution in [0.3, 0.4) is 0 Å². The topological polar surface area (TPSA) is 76.5 Å². The van der Waals surface area contributed by atoms with Gasteiger partial charge in [-0.15, -0.1) is 0 Å². The monoisotopic (exact) mass is 343 g/mol. The predicted octanol–water partition coefficient (Wildman–Crippen LogP) is 3.62. The number of methoxy groups -OCH3 is 2. The molecule has 7 nitrogen and oxygen atoms in total. The number of halogens is 1. The fourth-order valence-electron chi connectivity index (χ4n) is 2.55. The van der Waals surface area contributed by atoms with Crippen molar-refractivity contribution in [3.8, 4) is 11.5 Å². The first-order valence-electron chi connectivity index (χ1n) is 7.21. The Labute approximate surface area is 142 Å². The second-order valence-electron chi connectivity index (χ2n) is 5.12. The molecule has 122 valence electrons. The van der Waals surface area contributed by atoms with Gasteiger partial charge in [-0.1, -0.05) is 23.7 Å². The molecule has 0 bridgehead atoms. The van der Waals surface area contributed by atoms with E-state index in [1.807, 2.05) is 36.4 Å².